The van der Waals surface area contributed by atoms with Crippen molar-refractivity contribution in [1.82, 2.24) is 9.97 Å². The number of fused-ring (bicyclic) bond motifs is 1. The zero-order valence-electron chi connectivity index (χ0n) is 20.5. The highest BCUT2D eigenvalue weighted by Gasteiger charge is 2.13. The van der Waals surface area contributed by atoms with Crippen molar-refractivity contribution in [3.63, 3.8) is 0 Å². The van der Waals surface area contributed by atoms with Gasteiger partial charge in [-0.15, -0.1) is 0 Å². The number of carbonyl (C=O) groups excluding carboxylic acids is 1. The number of hydrogen-bond donors (Lipinski definition) is 3. The van der Waals surface area contributed by atoms with E-state index in [0.29, 0.717) is 59.0 Å². The van der Waals surface area contributed by atoms with Crippen LogP contribution in [-0.2, 0) is 14.8 Å². The molecule has 1 amide bonds. The van der Waals surface area contributed by atoms with Crippen LogP contribution in [0.5, 0.6) is 11.5 Å². The molecule has 198 valence electrons. The molecule has 0 atom stereocenters. The molecule has 12 heteroatoms. The summed E-state index contributed by atoms with van der Waals surface area (Å²) in [6.45, 7) is 0.332. The second kappa shape index (κ2) is 11.8. The van der Waals surface area contributed by atoms with Crippen molar-refractivity contribution in [3.05, 3.63) is 72.8 Å². The van der Waals surface area contributed by atoms with E-state index < -0.39 is 10.0 Å². The molecule has 38 heavy (non-hydrogen) atoms. The SMILES string of the molecule is COc1cc2ncnc(Nc3cccc(F)c3)c2cc1OCCCCC(=O)Nc1ccc(S(N)(=O)=O)cc1. The molecule has 0 aliphatic rings. The van der Waals surface area contributed by atoms with Crippen molar-refractivity contribution in [1.29, 1.82) is 0 Å². The van der Waals surface area contributed by atoms with E-state index in [-0.39, 0.29) is 23.0 Å². The van der Waals surface area contributed by atoms with Crippen LogP contribution < -0.4 is 25.2 Å². The number of nitrogens with one attached hydrogen (secondary N) is 2. The number of sulfonamides is 1. The van der Waals surface area contributed by atoms with Crippen molar-refractivity contribution in [3.8, 4) is 11.5 Å². The monoisotopic (exact) mass is 539 g/mol. The standard InChI is InChI=1S/C26H26FN5O5S/c1-36-23-15-22-21(26(30-16-29-22)32-19-6-4-5-17(27)13-19)14-24(23)37-12-3-2-7-25(33)31-18-8-10-20(11-9-18)38(28,34)35/h4-6,8-11,13-16H,2-3,7,12H2,1H3,(H,31,33)(H2,28,34,35)(H,29,30,32). The van der Waals surface area contributed by atoms with Gasteiger partial charge in [0, 0.05) is 29.2 Å². The molecule has 4 N–H and O–H groups in total. The number of ether oxygens (including phenoxy) is 2. The van der Waals surface area contributed by atoms with E-state index in [1.807, 2.05) is 0 Å². The molecule has 1 heterocycles. The zero-order chi connectivity index (χ0) is 27.1. The molecular formula is C26H26FN5O5S. The third-order valence-corrected chi connectivity index (χ3v) is 6.46. The number of amides is 1. The van der Waals surface area contributed by atoms with Gasteiger partial charge in [-0.2, -0.15) is 0 Å². The van der Waals surface area contributed by atoms with Gasteiger partial charge in [0.25, 0.3) is 0 Å². The maximum atomic E-state index is 13.6. The van der Waals surface area contributed by atoms with Gasteiger partial charge in [-0.05, 0) is 61.4 Å². The zero-order valence-corrected chi connectivity index (χ0v) is 21.3. The van der Waals surface area contributed by atoms with Crippen LogP contribution in [-0.4, -0.2) is 38.0 Å². The first-order valence-electron chi connectivity index (χ1n) is 11.6. The Hall–Kier alpha value is -4.29. The number of anilines is 3. The Balaban J connectivity index is 1.34. The molecule has 1 aromatic heterocycles. The number of rotatable bonds is 11. The number of primary sulfonamides is 1. The van der Waals surface area contributed by atoms with Crippen LogP contribution in [0.25, 0.3) is 10.9 Å². The summed E-state index contributed by atoms with van der Waals surface area (Å²) < 4.78 is 47.6. The summed E-state index contributed by atoms with van der Waals surface area (Å²) in [5, 5.41) is 11.6. The minimum Gasteiger partial charge on any atom is -0.493 e. The van der Waals surface area contributed by atoms with E-state index in [9.17, 15) is 17.6 Å². The first kappa shape index (κ1) is 26.8. The molecule has 0 bridgehead atoms. The van der Waals surface area contributed by atoms with Gasteiger partial charge in [0.1, 0.15) is 18.0 Å². The minimum atomic E-state index is -3.79. The topological polar surface area (TPSA) is 146 Å². The van der Waals surface area contributed by atoms with Crippen molar-refractivity contribution in [2.45, 2.75) is 24.2 Å². The molecule has 0 fully saturated rings. The lowest BCUT2D eigenvalue weighted by Gasteiger charge is -2.14. The highest BCUT2D eigenvalue weighted by Crippen LogP contribution is 2.35. The first-order chi connectivity index (χ1) is 18.2. The summed E-state index contributed by atoms with van der Waals surface area (Å²) in [4.78, 5) is 20.8. The van der Waals surface area contributed by atoms with Crippen molar-refractivity contribution in [2.75, 3.05) is 24.4 Å². The second-order valence-corrected chi connectivity index (χ2v) is 9.86. The molecule has 0 aliphatic carbocycles. The molecule has 4 aromatic rings. The largest absolute Gasteiger partial charge is 0.493 e. The van der Waals surface area contributed by atoms with Crippen LogP contribution in [0.3, 0.4) is 0 Å². The molecule has 0 unspecified atom stereocenters. The number of halogens is 1. The molecule has 3 aromatic carbocycles. The van der Waals surface area contributed by atoms with Gasteiger partial charge in [-0.25, -0.2) is 27.9 Å². The van der Waals surface area contributed by atoms with Gasteiger partial charge in [0.05, 0.1) is 24.1 Å². The molecule has 4 rings (SSSR count). The fourth-order valence-electron chi connectivity index (χ4n) is 3.66. The highest BCUT2D eigenvalue weighted by molar-refractivity contribution is 7.89. The average Bonchev–Trinajstić information content (AvgIpc) is 2.88. The molecule has 0 spiro atoms. The van der Waals surface area contributed by atoms with Crippen LogP contribution in [0.1, 0.15) is 19.3 Å². The van der Waals surface area contributed by atoms with Gasteiger partial charge in [-0.3, -0.25) is 4.79 Å². The lowest BCUT2D eigenvalue weighted by molar-refractivity contribution is -0.116. The van der Waals surface area contributed by atoms with Crippen molar-refractivity contribution in [2.24, 2.45) is 5.14 Å². The van der Waals surface area contributed by atoms with Gasteiger partial charge < -0.3 is 20.1 Å². The number of nitrogens with two attached hydrogens (primary N) is 1. The summed E-state index contributed by atoms with van der Waals surface area (Å²) in [6, 6.07) is 15.2. The van der Waals surface area contributed by atoms with Crippen LogP contribution >= 0.6 is 0 Å². The van der Waals surface area contributed by atoms with Crippen LogP contribution in [0, 0.1) is 5.82 Å². The Kier molecular flexibility index (Phi) is 8.34. The van der Waals surface area contributed by atoms with E-state index in [2.05, 4.69) is 20.6 Å². The van der Waals surface area contributed by atoms with Gasteiger partial charge in [0.2, 0.25) is 15.9 Å². The lowest BCUT2D eigenvalue weighted by atomic mass is 10.2. The van der Waals surface area contributed by atoms with Crippen molar-refractivity contribution < 1.29 is 27.1 Å². The number of nitrogens with zero attached hydrogens (tertiary/aromatic N) is 2. The number of unbranched alkanes of at least 4 members (excludes halogenated alkanes) is 1. The molecular weight excluding hydrogens is 513 g/mol. The highest BCUT2D eigenvalue weighted by atomic mass is 32.2. The summed E-state index contributed by atoms with van der Waals surface area (Å²) in [7, 11) is -2.26. The minimum absolute atomic E-state index is 0.0276. The Morgan fingerprint density at radius 3 is 2.50 bits per heavy atom. The number of aromatic nitrogens is 2. The van der Waals surface area contributed by atoms with Gasteiger partial charge >= 0.3 is 0 Å². The summed E-state index contributed by atoms with van der Waals surface area (Å²) in [5.74, 6) is 0.890. The van der Waals surface area contributed by atoms with Gasteiger partial charge in [-0.1, -0.05) is 6.07 Å². The number of carbonyl (C=O) groups is 1. The molecule has 0 radical (unpaired) electrons. The maximum Gasteiger partial charge on any atom is 0.238 e. The fraction of sp³-hybridized carbons (Fsp3) is 0.192. The Morgan fingerprint density at radius 2 is 1.79 bits per heavy atom. The van der Waals surface area contributed by atoms with E-state index >= 15 is 0 Å². The smallest absolute Gasteiger partial charge is 0.238 e. The number of methoxy groups -OCH3 is 1. The summed E-state index contributed by atoms with van der Waals surface area (Å²) >= 11 is 0. The van der Waals surface area contributed by atoms with Crippen LogP contribution in [0.4, 0.5) is 21.6 Å². The number of hydrogen-bond acceptors (Lipinski definition) is 8. The third-order valence-electron chi connectivity index (χ3n) is 5.53. The van der Waals surface area contributed by atoms with E-state index in [1.165, 1.54) is 49.8 Å². The molecule has 0 saturated heterocycles. The Morgan fingerprint density at radius 1 is 1.00 bits per heavy atom. The van der Waals surface area contributed by atoms with Crippen LogP contribution in [0.15, 0.2) is 71.9 Å². The van der Waals surface area contributed by atoms with E-state index in [0.717, 1.165) is 0 Å². The molecule has 0 aliphatic heterocycles. The predicted molar refractivity (Wildman–Crippen MR) is 142 cm³/mol. The summed E-state index contributed by atoms with van der Waals surface area (Å²) in [6.07, 6.45) is 2.82. The average molecular weight is 540 g/mol. The summed E-state index contributed by atoms with van der Waals surface area (Å²) in [5.41, 5.74) is 1.64. The third kappa shape index (κ3) is 6.93. The van der Waals surface area contributed by atoms with E-state index in [4.69, 9.17) is 14.6 Å². The first-order valence-corrected chi connectivity index (χ1v) is 13.2. The maximum absolute atomic E-state index is 13.6. The molecule has 0 saturated carbocycles. The lowest BCUT2D eigenvalue weighted by Crippen LogP contribution is -2.13. The second-order valence-electron chi connectivity index (χ2n) is 8.30. The normalized spacial score (nSPS) is 11.2. The predicted octanol–water partition coefficient (Wildman–Crippen LogP) is 4.36. The van der Waals surface area contributed by atoms with Crippen LogP contribution in [0.2, 0.25) is 0 Å². The Bertz CT molecular complexity index is 1550. The van der Waals surface area contributed by atoms with E-state index in [1.54, 1.807) is 24.3 Å². The number of benzene rings is 3. The fourth-order valence-corrected chi connectivity index (χ4v) is 4.18. The quantitative estimate of drug-likeness (QED) is 0.238. The van der Waals surface area contributed by atoms with Crippen molar-refractivity contribution >= 4 is 44.0 Å². The molecule has 10 nitrogen and oxygen atoms in total. The van der Waals surface area contributed by atoms with Gasteiger partial charge in [0.15, 0.2) is 11.5 Å². The Labute approximate surface area is 219 Å².